The fourth-order valence-corrected chi connectivity index (χ4v) is 5.98. The van der Waals surface area contributed by atoms with Crippen LogP contribution in [0, 0.1) is 5.41 Å². The number of anilines is 3. The SMILES string of the molecule is COCc1cccc2c1CCCN2c1n[nH]c2nc(N3CCC4(CC3)CO[C@@H](C)[C@H]4N)cnc12. The number of methoxy groups -OCH3 is 1. The van der Waals surface area contributed by atoms with E-state index in [1.54, 1.807) is 7.11 Å². The van der Waals surface area contributed by atoms with E-state index in [9.17, 15) is 0 Å². The van der Waals surface area contributed by atoms with Crippen LogP contribution in [-0.4, -0.2) is 65.7 Å². The highest BCUT2D eigenvalue weighted by Gasteiger charge is 2.47. The summed E-state index contributed by atoms with van der Waals surface area (Å²) in [6, 6.07) is 6.51. The maximum atomic E-state index is 6.48. The second kappa shape index (κ2) is 8.48. The van der Waals surface area contributed by atoms with Crippen molar-refractivity contribution in [1.29, 1.82) is 0 Å². The van der Waals surface area contributed by atoms with Crippen molar-refractivity contribution in [3.05, 3.63) is 35.5 Å². The Morgan fingerprint density at radius 3 is 2.88 bits per heavy atom. The Kier molecular flexibility index (Phi) is 5.43. The van der Waals surface area contributed by atoms with Crippen LogP contribution < -0.4 is 15.5 Å². The van der Waals surface area contributed by atoms with Gasteiger partial charge in [0.15, 0.2) is 17.0 Å². The molecule has 0 unspecified atom stereocenters. The number of fused-ring (bicyclic) bond motifs is 2. The number of rotatable bonds is 4. The lowest BCUT2D eigenvalue weighted by atomic mass is 9.73. The van der Waals surface area contributed by atoms with Crippen LogP contribution in [0.4, 0.5) is 17.3 Å². The molecule has 9 heteroatoms. The lowest BCUT2D eigenvalue weighted by molar-refractivity contribution is 0.0974. The third kappa shape index (κ3) is 3.45. The zero-order chi connectivity index (χ0) is 23.3. The van der Waals surface area contributed by atoms with E-state index < -0.39 is 0 Å². The number of nitrogens with zero attached hydrogens (tertiary/aromatic N) is 5. The van der Waals surface area contributed by atoms with Crippen LogP contribution >= 0.6 is 0 Å². The van der Waals surface area contributed by atoms with Gasteiger partial charge in [0.2, 0.25) is 0 Å². The molecule has 0 amide bonds. The fourth-order valence-electron chi connectivity index (χ4n) is 5.98. The molecule has 0 bridgehead atoms. The summed E-state index contributed by atoms with van der Waals surface area (Å²) >= 11 is 0. The van der Waals surface area contributed by atoms with Crippen LogP contribution in [0.25, 0.3) is 11.2 Å². The summed E-state index contributed by atoms with van der Waals surface area (Å²) in [5, 5.41) is 7.79. The van der Waals surface area contributed by atoms with E-state index in [2.05, 4.69) is 45.1 Å². The summed E-state index contributed by atoms with van der Waals surface area (Å²) in [6.45, 7) is 6.19. The molecule has 9 nitrogen and oxygen atoms in total. The molecule has 3 aromatic rings. The van der Waals surface area contributed by atoms with Gasteiger partial charge in [0.25, 0.3) is 0 Å². The first-order valence-corrected chi connectivity index (χ1v) is 12.3. The Labute approximate surface area is 199 Å². The van der Waals surface area contributed by atoms with Gasteiger partial charge in [-0.15, -0.1) is 0 Å². The highest BCUT2D eigenvalue weighted by Crippen LogP contribution is 2.42. The summed E-state index contributed by atoms with van der Waals surface area (Å²) in [7, 11) is 1.74. The molecule has 1 aromatic carbocycles. The molecular weight excluding hydrogens is 430 g/mol. The van der Waals surface area contributed by atoms with Gasteiger partial charge in [0.1, 0.15) is 5.82 Å². The van der Waals surface area contributed by atoms with Crippen molar-refractivity contribution in [2.24, 2.45) is 11.1 Å². The smallest absolute Gasteiger partial charge is 0.183 e. The van der Waals surface area contributed by atoms with Gasteiger partial charge in [-0.3, -0.25) is 5.10 Å². The van der Waals surface area contributed by atoms with E-state index >= 15 is 0 Å². The molecule has 2 saturated heterocycles. The predicted octanol–water partition coefficient (Wildman–Crippen LogP) is 2.92. The first-order chi connectivity index (χ1) is 16.6. The Morgan fingerprint density at radius 2 is 2.12 bits per heavy atom. The van der Waals surface area contributed by atoms with Crippen molar-refractivity contribution < 1.29 is 9.47 Å². The zero-order valence-electron chi connectivity index (χ0n) is 20.0. The van der Waals surface area contributed by atoms with E-state index in [0.717, 1.165) is 74.7 Å². The first-order valence-electron chi connectivity index (χ1n) is 12.3. The maximum absolute atomic E-state index is 6.48. The van der Waals surface area contributed by atoms with E-state index in [-0.39, 0.29) is 17.6 Å². The Balaban J connectivity index is 1.25. The van der Waals surface area contributed by atoms with Crippen LogP contribution in [-0.2, 0) is 22.5 Å². The molecule has 6 rings (SSSR count). The first kappa shape index (κ1) is 21.8. The third-order valence-electron chi connectivity index (χ3n) is 8.07. The molecule has 1 spiro atoms. The minimum absolute atomic E-state index is 0.0952. The van der Waals surface area contributed by atoms with E-state index in [4.69, 9.17) is 25.2 Å². The number of aromatic amines is 1. The molecular formula is C25H33N7O2. The highest BCUT2D eigenvalue weighted by molar-refractivity contribution is 5.88. The lowest BCUT2D eigenvalue weighted by Crippen LogP contribution is -2.50. The van der Waals surface area contributed by atoms with Gasteiger partial charge < -0.3 is 25.0 Å². The molecule has 2 aromatic heterocycles. The number of hydrogen-bond donors (Lipinski definition) is 2. The number of nitrogens with one attached hydrogen (secondary N) is 1. The quantitative estimate of drug-likeness (QED) is 0.609. The summed E-state index contributed by atoms with van der Waals surface area (Å²) in [5.41, 5.74) is 11.9. The van der Waals surface area contributed by atoms with Crippen molar-refractivity contribution in [1.82, 2.24) is 20.2 Å². The Morgan fingerprint density at radius 1 is 1.26 bits per heavy atom. The molecule has 34 heavy (non-hydrogen) atoms. The number of ether oxygens (including phenoxy) is 2. The second-order valence-electron chi connectivity index (χ2n) is 9.97. The van der Waals surface area contributed by atoms with E-state index in [1.165, 1.54) is 16.8 Å². The molecule has 0 saturated carbocycles. The maximum Gasteiger partial charge on any atom is 0.183 e. The molecule has 3 aliphatic rings. The van der Waals surface area contributed by atoms with Crippen molar-refractivity contribution in [2.45, 2.75) is 51.4 Å². The average Bonchev–Trinajstić information content (AvgIpc) is 3.41. The predicted molar refractivity (Wildman–Crippen MR) is 131 cm³/mol. The van der Waals surface area contributed by atoms with Gasteiger partial charge >= 0.3 is 0 Å². The average molecular weight is 464 g/mol. The van der Waals surface area contributed by atoms with Crippen molar-refractivity contribution in [3.8, 4) is 0 Å². The Hall–Kier alpha value is -2.75. The zero-order valence-corrected chi connectivity index (χ0v) is 20.0. The molecule has 0 radical (unpaired) electrons. The topological polar surface area (TPSA) is 105 Å². The van der Waals surface area contributed by atoms with Gasteiger partial charge in [-0.05, 0) is 49.8 Å². The van der Waals surface area contributed by atoms with Gasteiger partial charge in [-0.25, -0.2) is 9.97 Å². The number of aromatic nitrogens is 4. The molecule has 0 aliphatic carbocycles. The molecule has 3 N–H and O–H groups in total. The third-order valence-corrected chi connectivity index (χ3v) is 8.07. The van der Waals surface area contributed by atoms with Crippen LogP contribution in [0.2, 0.25) is 0 Å². The van der Waals surface area contributed by atoms with Crippen molar-refractivity contribution in [3.63, 3.8) is 0 Å². The van der Waals surface area contributed by atoms with Crippen LogP contribution in [0.1, 0.15) is 37.3 Å². The monoisotopic (exact) mass is 463 g/mol. The summed E-state index contributed by atoms with van der Waals surface area (Å²) in [6.07, 6.45) is 6.17. The number of piperidine rings is 1. The summed E-state index contributed by atoms with van der Waals surface area (Å²) in [4.78, 5) is 14.3. The fraction of sp³-hybridized carbons (Fsp3) is 0.560. The molecule has 2 atom stereocenters. The number of nitrogens with two attached hydrogens (primary N) is 1. The Bertz CT molecular complexity index is 1190. The molecule has 5 heterocycles. The molecule has 2 fully saturated rings. The van der Waals surface area contributed by atoms with Crippen LogP contribution in [0.15, 0.2) is 24.4 Å². The van der Waals surface area contributed by atoms with Crippen LogP contribution in [0.3, 0.4) is 0 Å². The molecule has 180 valence electrons. The van der Waals surface area contributed by atoms with Crippen molar-refractivity contribution >= 4 is 28.5 Å². The lowest BCUT2D eigenvalue weighted by Gasteiger charge is -2.41. The minimum Gasteiger partial charge on any atom is -0.380 e. The summed E-state index contributed by atoms with van der Waals surface area (Å²) in [5.74, 6) is 1.73. The standard InChI is InChI=1S/C25H33N7O2/c1-16-22(26)25(15-34-16)8-11-31(12-9-25)20-13-27-21-23(28-20)29-30-24(21)32-10-4-6-18-17(14-33-2)5-3-7-19(18)32/h3,5,7,13,16,22H,4,6,8-12,14-15,26H2,1-2H3,(H,28,29,30)/t16-,22+/m0/s1. The van der Waals surface area contributed by atoms with Gasteiger partial charge in [0.05, 0.1) is 25.5 Å². The van der Waals surface area contributed by atoms with E-state index in [0.29, 0.717) is 6.61 Å². The molecule has 3 aliphatic heterocycles. The number of benzene rings is 1. The number of hydrogen-bond acceptors (Lipinski definition) is 8. The van der Waals surface area contributed by atoms with Gasteiger partial charge in [-0.2, -0.15) is 5.10 Å². The normalized spacial score (nSPS) is 24.2. The van der Waals surface area contributed by atoms with Crippen molar-refractivity contribution in [2.75, 3.05) is 43.2 Å². The van der Waals surface area contributed by atoms with E-state index in [1.807, 2.05) is 6.20 Å². The van der Waals surface area contributed by atoms with Crippen LogP contribution in [0.5, 0.6) is 0 Å². The summed E-state index contributed by atoms with van der Waals surface area (Å²) < 4.78 is 11.3. The largest absolute Gasteiger partial charge is 0.380 e. The second-order valence-corrected chi connectivity index (χ2v) is 9.97. The number of H-pyrrole nitrogens is 1. The highest BCUT2D eigenvalue weighted by atomic mass is 16.5. The van der Waals surface area contributed by atoms with Gasteiger partial charge in [0, 0.05) is 43.9 Å². The minimum atomic E-state index is 0.0952. The van der Waals surface area contributed by atoms with Gasteiger partial charge in [-0.1, -0.05) is 12.1 Å².